The highest BCUT2D eigenvalue weighted by Gasteiger charge is 2.35. The third-order valence-corrected chi connectivity index (χ3v) is 4.25. The van der Waals surface area contributed by atoms with Gasteiger partial charge in [0.25, 0.3) is 0 Å². The second-order valence-corrected chi connectivity index (χ2v) is 5.59. The molecule has 122 valence electrons. The van der Waals surface area contributed by atoms with Crippen molar-refractivity contribution in [1.82, 2.24) is 10.6 Å². The van der Waals surface area contributed by atoms with Gasteiger partial charge in [0, 0.05) is 25.6 Å². The molecule has 0 saturated heterocycles. The van der Waals surface area contributed by atoms with Crippen molar-refractivity contribution >= 4 is 29.9 Å². The SMILES string of the molecule is C=CCNC(=NC)NCC1(c2ccc(F)cc2)CCCC1.I. The van der Waals surface area contributed by atoms with Crippen LogP contribution in [0.5, 0.6) is 0 Å². The molecule has 2 N–H and O–H groups in total. The predicted molar refractivity (Wildman–Crippen MR) is 102 cm³/mol. The van der Waals surface area contributed by atoms with Crippen LogP contribution in [0.1, 0.15) is 31.2 Å². The molecule has 0 aliphatic heterocycles. The van der Waals surface area contributed by atoms with Crippen molar-refractivity contribution in [2.24, 2.45) is 4.99 Å². The van der Waals surface area contributed by atoms with Gasteiger partial charge in [-0.15, -0.1) is 30.6 Å². The lowest BCUT2D eigenvalue weighted by atomic mass is 9.79. The van der Waals surface area contributed by atoms with Crippen molar-refractivity contribution in [3.05, 3.63) is 48.3 Å². The number of nitrogens with one attached hydrogen (secondary N) is 2. The molecule has 1 aromatic carbocycles. The largest absolute Gasteiger partial charge is 0.356 e. The molecule has 0 atom stereocenters. The maximum Gasteiger partial charge on any atom is 0.191 e. The lowest BCUT2D eigenvalue weighted by molar-refractivity contribution is 0.431. The number of guanidine groups is 1. The Morgan fingerprint density at radius 3 is 2.45 bits per heavy atom. The Bertz CT molecular complexity index is 493. The van der Waals surface area contributed by atoms with Crippen LogP contribution >= 0.6 is 24.0 Å². The van der Waals surface area contributed by atoms with E-state index in [9.17, 15) is 4.39 Å². The van der Waals surface area contributed by atoms with Crippen LogP contribution in [0.25, 0.3) is 0 Å². The molecule has 3 nitrogen and oxygen atoms in total. The summed E-state index contributed by atoms with van der Waals surface area (Å²) in [5.41, 5.74) is 1.30. The van der Waals surface area contributed by atoms with Gasteiger partial charge in [-0.1, -0.05) is 31.1 Å². The van der Waals surface area contributed by atoms with E-state index < -0.39 is 0 Å². The summed E-state index contributed by atoms with van der Waals surface area (Å²) in [5, 5.41) is 6.58. The average molecular weight is 417 g/mol. The molecule has 1 saturated carbocycles. The molecule has 2 rings (SSSR count). The first-order valence-electron chi connectivity index (χ1n) is 7.52. The van der Waals surface area contributed by atoms with Crippen LogP contribution in [-0.2, 0) is 5.41 Å². The molecule has 1 fully saturated rings. The van der Waals surface area contributed by atoms with Crippen LogP contribution in [0.15, 0.2) is 41.9 Å². The number of halogens is 2. The number of nitrogens with zero attached hydrogens (tertiary/aromatic N) is 1. The van der Waals surface area contributed by atoms with Crippen molar-refractivity contribution in [1.29, 1.82) is 0 Å². The van der Waals surface area contributed by atoms with Crippen molar-refractivity contribution in [2.45, 2.75) is 31.1 Å². The third kappa shape index (κ3) is 4.69. The molecule has 1 aromatic rings. The van der Waals surface area contributed by atoms with Gasteiger partial charge in [-0.2, -0.15) is 0 Å². The average Bonchev–Trinajstić information content (AvgIpc) is 2.98. The fourth-order valence-electron chi connectivity index (χ4n) is 3.07. The van der Waals surface area contributed by atoms with Crippen molar-refractivity contribution in [2.75, 3.05) is 20.1 Å². The molecular weight excluding hydrogens is 392 g/mol. The van der Waals surface area contributed by atoms with Gasteiger partial charge in [0.15, 0.2) is 5.96 Å². The van der Waals surface area contributed by atoms with E-state index in [4.69, 9.17) is 0 Å². The lowest BCUT2D eigenvalue weighted by Gasteiger charge is -2.30. The summed E-state index contributed by atoms with van der Waals surface area (Å²) in [6.45, 7) is 5.19. The zero-order chi connectivity index (χ0) is 15.1. The summed E-state index contributed by atoms with van der Waals surface area (Å²) < 4.78 is 13.2. The third-order valence-electron chi connectivity index (χ3n) is 4.25. The Labute approximate surface area is 149 Å². The highest BCUT2D eigenvalue weighted by Crippen LogP contribution is 2.40. The number of aliphatic imine (C=N–C) groups is 1. The van der Waals surface area contributed by atoms with Gasteiger partial charge in [-0.05, 0) is 30.5 Å². The van der Waals surface area contributed by atoms with Gasteiger partial charge in [0.2, 0.25) is 0 Å². The monoisotopic (exact) mass is 417 g/mol. The zero-order valence-corrected chi connectivity index (χ0v) is 15.4. The van der Waals surface area contributed by atoms with E-state index in [2.05, 4.69) is 22.2 Å². The minimum absolute atomic E-state index is 0. The predicted octanol–water partition coefficient (Wildman–Crippen LogP) is 3.61. The maximum absolute atomic E-state index is 13.2. The smallest absolute Gasteiger partial charge is 0.191 e. The fraction of sp³-hybridized carbons (Fsp3) is 0.471. The second kappa shape index (κ2) is 9.12. The first-order chi connectivity index (χ1) is 10.2. The Hall–Kier alpha value is -1.11. The molecule has 0 unspecified atom stereocenters. The van der Waals surface area contributed by atoms with Crippen LogP contribution in [0.2, 0.25) is 0 Å². The molecule has 22 heavy (non-hydrogen) atoms. The fourth-order valence-corrected chi connectivity index (χ4v) is 3.07. The van der Waals surface area contributed by atoms with Crippen LogP contribution in [0.3, 0.4) is 0 Å². The van der Waals surface area contributed by atoms with Crippen LogP contribution in [-0.4, -0.2) is 26.1 Å². The highest BCUT2D eigenvalue weighted by molar-refractivity contribution is 14.0. The van der Waals surface area contributed by atoms with Crippen molar-refractivity contribution in [3.63, 3.8) is 0 Å². The number of rotatable bonds is 5. The maximum atomic E-state index is 13.2. The van der Waals surface area contributed by atoms with Crippen LogP contribution in [0.4, 0.5) is 4.39 Å². The second-order valence-electron chi connectivity index (χ2n) is 5.59. The summed E-state index contributed by atoms with van der Waals surface area (Å²) in [5.74, 6) is 0.603. The number of hydrogen-bond acceptors (Lipinski definition) is 1. The summed E-state index contributed by atoms with van der Waals surface area (Å²) in [6, 6.07) is 6.95. The molecule has 0 bridgehead atoms. The quantitative estimate of drug-likeness (QED) is 0.333. The van der Waals surface area contributed by atoms with Gasteiger partial charge in [-0.25, -0.2) is 4.39 Å². The van der Waals surface area contributed by atoms with E-state index in [0.717, 1.165) is 25.3 Å². The molecule has 0 heterocycles. The first kappa shape index (κ1) is 18.9. The Balaban J connectivity index is 0.00000242. The summed E-state index contributed by atoms with van der Waals surface area (Å²) >= 11 is 0. The highest BCUT2D eigenvalue weighted by atomic mass is 127. The molecule has 0 spiro atoms. The lowest BCUT2D eigenvalue weighted by Crippen LogP contribution is -2.44. The Morgan fingerprint density at radius 1 is 1.27 bits per heavy atom. The van der Waals surface area contributed by atoms with Gasteiger partial charge in [0.05, 0.1) is 0 Å². The Kier molecular flexibility index (Phi) is 7.85. The number of benzene rings is 1. The van der Waals surface area contributed by atoms with Crippen LogP contribution < -0.4 is 10.6 Å². The zero-order valence-electron chi connectivity index (χ0n) is 13.1. The van der Waals surface area contributed by atoms with E-state index in [1.807, 2.05) is 12.1 Å². The summed E-state index contributed by atoms with van der Waals surface area (Å²) in [6.07, 6.45) is 6.50. The van der Waals surface area contributed by atoms with Gasteiger partial charge in [0.1, 0.15) is 5.82 Å². The van der Waals surface area contributed by atoms with Crippen molar-refractivity contribution < 1.29 is 4.39 Å². The molecule has 1 aliphatic rings. The van der Waals surface area contributed by atoms with E-state index in [0.29, 0.717) is 6.54 Å². The topological polar surface area (TPSA) is 36.4 Å². The van der Waals surface area contributed by atoms with Crippen LogP contribution in [0, 0.1) is 5.82 Å². The summed E-state index contributed by atoms with van der Waals surface area (Å²) in [4.78, 5) is 4.21. The van der Waals surface area contributed by atoms with Crippen molar-refractivity contribution in [3.8, 4) is 0 Å². The Morgan fingerprint density at radius 2 is 1.91 bits per heavy atom. The van der Waals surface area contributed by atoms with Gasteiger partial charge in [-0.3, -0.25) is 4.99 Å². The first-order valence-corrected chi connectivity index (χ1v) is 7.52. The van der Waals surface area contributed by atoms with Gasteiger partial charge >= 0.3 is 0 Å². The van der Waals surface area contributed by atoms with E-state index in [1.54, 1.807) is 25.3 Å². The molecule has 1 aliphatic carbocycles. The molecule has 0 aromatic heterocycles. The molecule has 0 radical (unpaired) electrons. The van der Waals surface area contributed by atoms with E-state index >= 15 is 0 Å². The standard InChI is InChI=1S/C17H24FN3.HI/c1-3-12-20-16(19-2)21-13-17(10-4-5-11-17)14-6-8-15(18)9-7-14;/h3,6-9H,1,4-5,10-13H2,2H3,(H2,19,20,21);1H. The minimum Gasteiger partial charge on any atom is -0.356 e. The molecule has 5 heteroatoms. The minimum atomic E-state index is -0.177. The normalized spacial score (nSPS) is 16.7. The molecular formula is C17H25FIN3. The summed E-state index contributed by atoms with van der Waals surface area (Å²) in [7, 11) is 1.76. The van der Waals surface area contributed by atoms with E-state index in [1.165, 1.54) is 18.4 Å². The number of hydrogen-bond donors (Lipinski definition) is 2. The molecule has 0 amide bonds. The van der Waals surface area contributed by atoms with Gasteiger partial charge < -0.3 is 10.6 Å². The van der Waals surface area contributed by atoms with E-state index in [-0.39, 0.29) is 35.2 Å².